The topological polar surface area (TPSA) is 35.5 Å². The van der Waals surface area contributed by atoms with E-state index in [-0.39, 0.29) is 0 Å². The van der Waals surface area contributed by atoms with Crippen LogP contribution < -0.4 is 5.32 Å². The summed E-state index contributed by atoms with van der Waals surface area (Å²) in [6.45, 7) is 9.20. The number of aliphatic hydroxyl groups excluding tert-OH is 1. The molecule has 0 amide bonds. The molecule has 3 nitrogen and oxygen atoms in total. The second kappa shape index (κ2) is 7.77. The van der Waals surface area contributed by atoms with Crippen LogP contribution in [0.4, 0.5) is 0 Å². The fraction of sp³-hybridized carbons (Fsp3) is 1.00. The van der Waals surface area contributed by atoms with Crippen LogP contribution in [-0.2, 0) is 0 Å². The molecule has 0 bridgehead atoms. The maximum atomic E-state index is 9.38. The molecular weight excluding hydrogens is 248 g/mol. The fourth-order valence-electron chi connectivity index (χ4n) is 3.86. The van der Waals surface area contributed by atoms with Crippen molar-refractivity contribution in [1.29, 1.82) is 0 Å². The molecule has 2 rings (SSSR count). The van der Waals surface area contributed by atoms with Gasteiger partial charge >= 0.3 is 0 Å². The molecule has 0 heterocycles. The van der Waals surface area contributed by atoms with Gasteiger partial charge in [0, 0.05) is 25.7 Å². The minimum absolute atomic E-state index is 0.310. The van der Waals surface area contributed by atoms with E-state index in [1.165, 1.54) is 51.5 Å². The van der Waals surface area contributed by atoms with Gasteiger partial charge in [0.15, 0.2) is 0 Å². The van der Waals surface area contributed by atoms with Crippen molar-refractivity contribution in [2.45, 2.75) is 64.8 Å². The summed E-state index contributed by atoms with van der Waals surface area (Å²) in [5.41, 5.74) is 0.452. The molecule has 0 aromatic heterocycles. The van der Waals surface area contributed by atoms with Crippen LogP contribution >= 0.6 is 0 Å². The third-order valence-corrected chi connectivity index (χ3v) is 5.60. The number of hydrogen-bond donors (Lipinski definition) is 2. The number of rotatable bonds is 8. The van der Waals surface area contributed by atoms with Crippen molar-refractivity contribution in [1.82, 2.24) is 10.2 Å². The van der Waals surface area contributed by atoms with Gasteiger partial charge in [-0.3, -0.25) is 4.90 Å². The molecule has 20 heavy (non-hydrogen) atoms. The molecule has 2 aliphatic rings. The number of hydrogen-bond acceptors (Lipinski definition) is 3. The lowest BCUT2D eigenvalue weighted by molar-refractivity contribution is 0.0283. The maximum Gasteiger partial charge on any atom is 0.0558 e. The second-order valence-corrected chi connectivity index (χ2v) is 7.24. The van der Waals surface area contributed by atoms with Crippen molar-refractivity contribution < 1.29 is 5.11 Å². The molecule has 0 saturated heterocycles. The molecule has 2 aliphatic carbocycles. The Morgan fingerprint density at radius 3 is 2.40 bits per heavy atom. The highest BCUT2D eigenvalue weighted by Gasteiger charge is 2.37. The van der Waals surface area contributed by atoms with Crippen molar-refractivity contribution in [3.05, 3.63) is 0 Å². The van der Waals surface area contributed by atoms with Crippen molar-refractivity contribution in [2.75, 3.05) is 32.8 Å². The molecule has 0 atom stereocenters. The van der Waals surface area contributed by atoms with Gasteiger partial charge in [-0.1, -0.05) is 33.1 Å². The Balaban J connectivity index is 1.97. The van der Waals surface area contributed by atoms with Crippen LogP contribution in [0, 0.1) is 11.3 Å². The van der Waals surface area contributed by atoms with Crippen molar-refractivity contribution in [3.8, 4) is 0 Å². The first kappa shape index (κ1) is 16.3. The molecule has 0 radical (unpaired) electrons. The zero-order chi connectivity index (χ0) is 14.4. The first-order valence-corrected chi connectivity index (χ1v) is 8.75. The third kappa shape index (κ3) is 4.19. The summed E-state index contributed by atoms with van der Waals surface area (Å²) in [6, 6.07) is 0.750. The van der Waals surface area contributed by atoms with Crippen molar-refractivity contribution >= 4 is 0 Å². The molecule has 2 saturated carbocycles. The summed E-state index contributed by atoms with van der Waals surface area (Å²) >= 11 is 0. The minimum atomic E-state index is 0.310. The molecule has 0 unspecified atom stereocenters. The molecule has 2 N–H and O–H groups in total. The van der Waals surface area contributed by atoms with Gasteiger partial charge in [0.25, 0.3) is 0 Å². The van der Waals surface area contributed by atoms with Gasteiger partial charge in [0.2, 0.25) is 0 Å². The van der Waals surface area contributed by atoms with Gasteiger partial charge < -0.3 is 10.4 Å². The summed E-state index contributed by atoms with van der Waals surface area (Å²) in [5.74, 6) is 0.903. The van der Waals surface area contributed by atoms with Gasteiger partial charge in [0.05, 0.1) is 6.61 Å². The summed E-state index contributed by atoms with van der Waals surface area (Å²) in [7, 11) is 0. The van der Waals surface area contributed by atoms with Gasteiger partial charge in [0.1, 0.15) is 0 Å². The average Bonchev–Trinajstić information content (AvgIpc) is 2.38. The zero-order valence-electron chi connectivity index (χ0n) is 13.5. The van der Waals surface area contributed by atoms with E-state index in [1.54, 1.807) is 0 Å². The number of nitrogens with zero attached hydrogens (tertiary/aromatic N) is 1. The SMILES string of the molecule is CCNCC1(CN(CCO)C2CCC2)CCC(C)CC1. The van der Waals surface area contributed by atoms with Crippen molar-refractivity contribution in [2.24, 2.45) is 11.3 Å². The highest BCUT2D eigenvalue weighted by Crippen LogP contribution is 2.40. The number of nitrogens with one attached hydrogen (secondary N) is 1. The second-order valence-electron chi connectivity index (χ2n) is 7.24. The predicted octanol–water partition coefficient (Wildman–Crippen LogP) is 2.64. The molecule has 0 aliphatic heterocycles. The van der Waals surface area contributed by atoms with Gasteiger partial charge in [-0.05, 0) is 43.6 Å². The molecule has 2 fully saturated rings. The molecule has 0 spiro atoms. The van der Waals surface area contributed by atoms with E-state index in [4.69, 9.17) is 0 Å². The normalized spacial score (nSPS) is 31.5. The first-order chi connectivity index (χ1) is 9.69. The van der Waals surface area contributed by atoms with Crippen LogP contribution in [0.25, 0.3) is 0 Å². The Bertz CT molecular complexity index is 265. The Morgan fingerprint density at radius 1 is 1.20 bits per heavy atom. The Labute approximate surface area is 125 Å². The Hall–Kier alpha value is -0.120. The van der Waals surface area contributed by atoms with E-state index in [2.05, 4.69) is 24.1 Å². The van der Waals surface area contributed by atoms with Crippen LogP contribution in [-0.4, -0.2) is 48.8 Å². The Kier molecular flexibility index (Phi) is 6.31. The van der Waals surface area contributed by atoms with E-state index in [0.29, 0.717) is 12.0 Å². The van der Waals surface area contributed by atoms with Gasteiger partial charge in [-0.25, -0.2) is 0 Å². The molecule has 0 aromatic rings. The largest absolute Gasteiger partial charge is 0.395 e. The van der Waals surface area contributed by atoms with Crippen LogP contribution in [0.2, 0.25) is 0 Å². The standard InChI is InChI=1S/C17H34N2O/c1-3-18-13-17(9-7-15(2)8-10-17)14-19(11-12-20)16-5-4-6-16/h15-16,18,20H,3-14H2,1-2H3. The minimum Gasteiger partial charge on any atom is -0.395 e. The fourth-order valence-corrected chi connectivity index (χ4v) is 3.86. The van der Waals surface area contributed by atoms with Crippen LogP contribution in [0.1, 0.15) is 58.8 Å². The summed E-state index contributed by atoms with van der Waals surface area (Å²) in [4.78, 5) is 2.59. The quantitative estimate of drug-likeness (QED) is 0.718. The van der Waals surface area contributed by atoms with E-state index >= 15 is 0 Å². The lowest BCUT2D eigenvalue weighted by atomic mass is 9.70. The maximum absolute atomic E-state index is 9.38. The predicted molar refractivity (Wildman–Crippen MR) is 84.9 cm³/mol. The summed E-state index contributed by atoms with van der Waals surface area (Å²) in [6.07, 6.45) is 9.53. The summed E-state index contributed by atoms with van der Waals surface area (Å²) in [5, 5.41) is 13.0. The zero-order valence-corrected chi connectivity index (χ0v) is 13.5. The summed E-state index contributed by atoms with van der Waals surface area (Å²) < 4.78 is 0. The lowest BCUT2D eigenvalue weighted by Crippen LogP contribution is -2.51. The van der Waals surface area contributed by atoms with E-state index in [0.717, 1.165) is 31.6 Å². The lowest BCUT2D eigenvalue weighted by Gasteiger charge is -2.47. The molecule has 3 heteroatoms. The number of aliphatic hydroxyl groups is 1. The van der Waals surface area contributed by atoms with E-state index in [9.17, 15) is 5.11 Å². The van der Waals surface area contributed by atoms with E-state index in [1.807, 2.05) is 0 Å². The van der Waals surface area contributed by atoms with E-state index < -0.39 is 0 Å². The average molecular weight is 282 g/mol. The van der Waals surface area contributed by atoms with Gasteiger partial charge in [-0.15, -0.1) is 0 Å². The van der Waals surface area contributed by atoms with Crippen molar-refractivity contribution in [3.63, 3.8) is 0 Å². The van der Waals surface area contributed by atoms with Crippen LogP contribution in [0.5, 0.6) is 0 Å². The molecule has 118 valence electrons. The smallest absolute Gasteiger partial charge is 0.0558 e. The monoisotopic (exact) mass is 282 g/mol. The first-order valence-electron chi connectivity index (χ1n) is 8.75. The van der Waals surface area contributed by atoms with Crippen LogP contribution in [0.15, 0.2) is 0 Å². The molecular formula is C17H34N2O. The third-order valence-electron chi connectivity index (χ3n) is 5.60. The molecule has 0 aromatic carbocycles. The van der Waals surface area contributed by atoms with Gasteiger partial charge in [-0.2, -0.15) is 0 Å². The Morgan fingerprint density at radius 2 is 1.90 bits per heavy atom. The highest BCUT2D eigenvalue weighted by molar-refractivity contribution is 4.92. The highest BCUT2D eigenvalue weighted by atomic mass is 16.3. The van der Waals surface area contributed by atoms with Crippen LogP contribution in [0.3, 0.4) is 0 Å².